The molecule has 0 saturated heterocycles. The van der Waals surface area contributed by atoms with Crippen LogP contribution in [0.1, 0.15) is 131 Å². The van der Waals surface area contributed by atoms with Gasteiger partial charge >= 0.3 is 0 Å². The van der Waals surface area contributed by atoms with Gasteiger partial charge in [0, 0.05) is 77.1 Å². The Balaban J connectivity index is 0.000000153. The largest absolute Gasteiger partial charge is 0.506 e. The van der Waals surface area contributed by atoms with E-state index in [-0.39, 0.29) is 75.4 Å². The summed E-state index contributed by atoms with van der Waals surface area (Å²) in [5, 5.41) is 59.9. The molecule has 0 aromatic heterocycles. The molecule has 0 bridgehead atoms. The SMILES string of the molecule is CCc1c(Cl)cc(NCOc2cc(Cl)cc(Cl)c2)c(O)c1Cl.Cc1ccc(OCCCNC(=O)c2cc(OC3CCCCC3)c3ccccc3c2O)c(C)c1.O=C(NC1CCCCC1)c1cc(OCCc2ccccc2)c2ccccc2c1O.O=C(Nc1ccccc1)c1cc(Cl)c2ccccc2c1O. The van der Waals surface area contributed by atoms with Crippen molar-refractivity contribution < 1.29 is 53.8 Å². The average molecular weight is 1520 g/mol. The number of aryl methyl sites for hydroxylation is 2. The van der Waals surface area contributed by atoms with Gasteiger partial charge in [0.25, 0.3) is 17.7 Å². The second-order valence-electron chi connectivity index (χ2n) is 25.7. The van der Waals surface area contributed by atoms with Gasteiger partial charge in [-0.3, -0.25) is 14.4 Å². The highest BCUT2D eigenvalue weighted by molar-refractivity contribution is 6.38. The zero-order valence-electron chi connectivity index (χ0n) is 58.7. The number of carbonyl (C=O) groups is 3. The predicted octanol–water partition coefficient (Wildman–Crippen LogP) is 21.8. The van der Waals surface area contributed by atoms with Gasteiger partial charge in [-0.25, -0.2) is 0 Å². The maximum atomic E-state index is 12.9. The molecular weight excluding hydrogens is 1430 g/mol. The monoisotopic (exact) mass is 1510 g/mol. The molecule has 546 valence electrons. The molecule has 2 aliphatic rings. The summed E-state index contributed by atoms with van der Waals surface area (Å²) in [4.78, 5) is 38.1. The Kier molecular flexibility index (Phi) is 28.4. The van der Waals surface area contributed by atoms with E-state index in [4.69, 9.17) is 77.0 Å². The Bertz CT molecular complexity index is 4780. The molecule has 13 rings (SSSR count). The number of carbonyl (C=O) groups excluding carboxylic acids is 3. The zero-order chi connectivity index (χ0) is 74.4. The number of amides is 3. The third kappa shape index (κ3) is 21.3. The van der Waals surface area contributed by atoms with E-state index < -0.39 is 5.91 Å². The van der Waals surface area contributed by atoms with Crippen molar-refractivity contribution in [2.45, 2.75) is 116 Å². The van der Waals surface area contributed by atoms with Gasteiger partial charge in [-0.2, -0.15) is 0 Å². The normalized spacial score (nSPS) is 12.8. The van der Waals surface area contributed by atoms with Gasteiger partial charge < -0.3 is 60.6 Å². The molecule has 8 N–H and O–H groups in total. The molecule has 0 aliphatic heterocycles. The molecule has 0 heterocycles. The molecule has 2 aliphatic carbocycles. The van der Waals surface area contributed by atoms with Crippen LogP contribution in [0.5, 0.6) is 46.0 Å². The van der Waals surface area contributed by atoms with E-state index in [0.29, 0.717) is 108 Å². The number of nitrogens with one attached hydrogen (secondary N) is 4. The molecule has 0 radical (unpaired) electrons. The summed E-state index contributed by atoms with van der Waals surface area (Å²) in [6.45, 7) is 7.54. The van der Waals surface area contributed by atoms with Crippen molar-refractivity contribution in [3.8, 4) is 46.0 Å². The molecule has 15 nitrogen and oxygen atoms in total. The van der Waals surface area contributed by atoms with Crippen LogP contribution in [-0.2, 0) is 12.8 Å². The highest BCUT2D eigenvalue weighted by Crippen LogP contribution is 2.42. The minimum Gasteiger partial charge on any atom is -0.506 e. The summed E-state index contributed by atoms with van der Waals surface area (Å²) in [5.74, 6) is 1.61. The lowest BCUT2D eigenvalue weighted by atomic mass is 9.95. The highest BCUT2D eigenvalue weighted by Gasteiger charge is 2.25. The lowest BCUT2D eigenvalue weighted by Gasteiger charge is -2.24. The number of rotatable bonds is 21. The van der Waals surface area contributed by atoms with Crippen LogP contribution in [0.15, 0.2) is 194 Å². The topological polar surface area (TPSA) is 217 Å². The van der Waals surface area contributed by atoms with Gasteiger partial charge in [-0.1, -0.05) is 230 Å². The summed E-state index contributed by atoms with van der Waals surface area (Å²) in [5.41, 5.74) is 5.94. The maximum absolute atomic E-state index is 12.9. The Morgan fingerprint density at radius 1 is 0.486 bits per heavy atom. The second-order valence-corrected chi connectivity index (χ2v) is 27.8. The predicted molar refractivity (Wildman–Crippen MR) is 425 cm³/mol. The Morgan fingerprint density at radius 2 is 1.02 bits per heavy atom. The van der Waals surface area contributed by atoms with Gasteiger partial charge in [0.15, 0.2) is 12.5 Å². The number of fused-ring (bicyclic) bond motifs is 3. The minimum absolute atomic E-state index is 0.00868. The fourth-order valence-corrected chi connectivity index (χ4v) is 14.2. The Labute approximate surface area is 637 Å². The van der Waals surface area contributed by atoms with Crippen LogP contribution in [0.2, 0.25) is 25.1 Å². The number of aromatic hydroxyl groups is 4. The molecular formula is C85H85Cl5N4O11. The first-order valence-electron chi connectivity index (χ1n) is 35.2. The number of phenols is 4. The third-order valence-electron chi connectivity index (χ3n) is 18.1. The van der Waals surface area contributed by atoms with E-state index in [9.17, 15) is 34.8 Å². The maximum Gasteiger partial charge on any atom is 0.259 e. The van der Waals surface area contributed by atoms with Crippen LogP contribution in [0.4, 0.5) is 11.4 Å². The van der Waals surface area contributed by atoms with Crippen LogP contribution < -0.4 is 40.2 Å². The lowest BCUT2D eigenvalue weighted by molar-refractivity contribution is 0.0921. The van der Waals surface area contributed by atoms with E-state index in [1.54, 1.807) is 66.7 Å². The summed E-state index contributed by atoms with van der Waals surface area (Å²) < 4.78 is 23.7. The summed E-state index contributed by atoms with van der Waals surface area (Å²) in [6, 6.07) is 59.0. The van der Waals surface area contributed by atoms with Crippen molar-refractivity contribution in [3.05, 3.63) is 258 Å². The van der Waals surface area contributed by atoms with E-state index in [0.717, 1.165) is 79.9 Å². The number of halogens is 5. The number of hydrogen-bond donors (Lipinski definition) is 8. The first kappa shape index (κ1) is 77.9. The molecule has 11 aromatic carbocycles. The molecule has 0 spiro atoms. The Morgan fingerprint density at radius 3 is 1.64 bits per heavy atom. The van der Waals surface area contributed by atoms with Crippen LogP contribution in [0, 0.1) is 13.8 Å². The minimum atomic E-state index is -0.397. The number of phenolic OH excluding ortho intramolecular Hbond substituents is 4. The quantitative estimate of drug-likeness (QED) is 0.0192. The first-order valence-corrected chi connectivity index (χ1v) is 37.1. The van der Waals surface area contributed by atoms with Crippen LogP contribution in [-0.4, -0.2) is 76.8 Å². The Hall–Kier alpha value is -9.74. The fraction of sp³-hybridized carbons (Fsp3) is 0.259. The van der Waals surface area contributed by atoms with E-state index >= 15 is 0 Å². The number of hydrogen-bond acceptors (Lipinski definition) is 12. The van der Waals surface area contributed by atoms with Gasteiger partial charge in [0.05, 0.1) is 46.7 Å². The zero-order valence-corrected chi connectivity index (χ0v) is 62.5. The van der Waals surface area contributed by atoms with Crippen molar-refractivity contribution >= 4 is 119 Å². The van der Waals surface area contributed by atoms with Crippen molar-refractivity contribution in [2.24, 2.45) is 0 Å². The average Bonchev–Trinajstić information content (AvgIpc) is 0.792. The number of para-hydroxylation sites is 1. The van der Waals surface area contributed by atoms with Crippen LogP contribution in [0.3, 0.4) is 0 Å². The van der Waals surface area contributed by atoms with E-state index in [1.165, 1.54) is 30.0 Å². The fourth-order valence-electron chi connectivity index (χ4n) is 12.7. The first-order chi connectivity index (χ1) is 50.8. The van der Waals surface area contributed by atoms with Gasteiger partial charge in [0.1, 0.15) is 40.2 Å². The molecule has 105 heavy (non-hydrogen) atoms. The van der Waals surface area contributed by atoms with Gasteiger partial charge in [-0.05, 0) is 143 Å². The molecule has 3 amide bonds. The second kappa shape index (κ2) is 38.3. The van der Waals surface area contributed by atoms with Crippen LogP contribution >= 0.6 is 58.0 Å². The highest BCUT2D eigenvalue weighted by atomic mass is 35.5. The van der Waals surface area contributed by atoms with Crippen molar-refractivity contribution in [2.75, 3.05) is 37.1 Å². The molecule has 2 saturated carbocycles. The van der Waals surface area contributed by atoms with Crippen molar-refractivity contribution in [1.82, 2.24) is 10.6 Å². The number of ether oxygens (including phenoxy) is 4. The summed E-state index contributed by atoms with van der Waals surface area (Å²) in [6.07, 6.45) is 13.4. The molecule has 0 atom stereocenters. The third-order valence-corrected chi connectivity index (χ3v) is 19.6. The molecule has 20 heteroatoms. The number of anilines is 2. The standard InChI is InChI=1S/C28H33NO4.C25H27NO3.C17H12ClNO2.C15H13Cl4NO2/c1-19-13-14-25(20(2)17-19)32-16-8-15-29-28(31)24-18-26(33-21-9-4-3-5-10-21)22-11-6-7-12-23(22)27(24)30;27-24-21-14-8-7-13-20(21)23(29-16-15-18-9-3-1-4-10-18)17-22(24)25(28)26-19-11-5-2-6-12-19;18-15-10-14(16(20)13-9-5-4-8-12(13)15)17(21)19-11-6-2-1-3-7-11;1-2-11-12(18)6-13(15(21)14(11)19)20-7-22-10-4-8(16)3-9(17)5-10/h6-7,11-14,17-18,21,30H,3-5,8-10,15-16H2,1-2H3,(H,29,31);1,3-4,7-10,13-14,17,19,27H,2,5-6,11-12,15-16H2,(H,26,28);1-10,20H,(H,19,21);3-6,20-21H,2,7H2,1H3. The van der Waals surface area contributed by atoms with E-state index in [1.807, 2.05) is 117 Å². The molecule has 11 aromatic rings. The molecule has 0 unspecified atom stereocenters. The van der Waals surface area contributed by atoms with Gasteiger partial charge in [-0.15, -0.1) is 0 Å². The molecule has 2 fully saturated rings. The lowest BCUT2D eigenvalue weighted by Crippen LogP contribution is -2.36. The summed E-state index contributed by atoms with van der Waals surface area (Å²) in [7, 11) is 0. The van der Waals surface area contributed by atoms with Gasteiger partial charge in [0.2, 0.25) is 0 Å². The number of benzene rings is 11. The van der Waals surface area contributed by atoms with Crippen LogP contribution in [0.25, 0.3) is 32.3 Å². The van der Waals surface area contributed by atoms with E-state index in [2.05, 4.69) is 46.4 Å². The van der Waals surface area contributed by atoms with Crippen molar-refractivity contribution in [1.29, 1.82) is 0 Å². The summed E-state index contributed by atoms with van der Waals surface area (Å²) >= 11 is 30.2. The van der Waals surface area contributed by atoms with Crippen molar-refractivity contribution in [3.63, 3.8) is 0 Å². The smallest absolute Gasteiger partial charge is 0.259 e.